The van der Waals surface area contributed by atoms with E-state index < -0.39 is 0 Å². The molecule has 1 unspecified atom stereocenters. The molecular formula is C24H27N3OS. The Morgan fingerprint density at radius 3 is 2.66 bits per heavy atom. The van der Waals surface area contributed by atoms with Crippen molar-refractivity contribution in [3.63, 3.8) is 0 Å². The minimum Gasteiger partial charge on any atom is -0.380 e. The largest absolute Gasteiger partial charge is 0.380 e. The summed E-state index contributed by atoms with van der Waals surface area (Å²) in [4.78, 5) is 14.3. The molecule has 3 N–H and O–H groups in total. The standard InChI is InChI=1S/C24H27N3OS/c1-15-9-18(11-19(10-15)23-5-4-8-29-23)17(3)26-24(28)22-12-20(7-6-16(22)2)27-21-13-25-14-21/h4-12,17,21,25,27H,13-14H2,1-3H3,(H,26,28). The highest BCUT2D eigenvalue weighted by Gasteiger charge is 2.18. The van der Waals surface area contributed by atoms with E-state index in [-0.39, 0.29) is 11.9 Å². The molecule has 4 rings (SSSR count). The fraction of sp³-hybridized carbons (Fsp3) is 0.292. The van der Waals surface area contributed by atoms with Gasteiger partial charge in [-0.15, -0.1) is 11.3 Å². The van der Waals surface area contributed by atoms with Gasteiger partial charge in [0.05, 0.1) is 12.1 Å². The minimum absolute atomic E-state index is 0.0374. The van der Waals surface area contributed by atoms with Crippen molar-refractivity contribution in [3.8, 4) is 10.4 Å². The van der Waals surface area contributed by atoms with Crippen molar-refractivity contribution in [1.29, 1.82) is 0 Å². The van der Waals surface area contributed by atoms with Crippen molar-refractivity contribution in [2.45, 2.75) is 32.9 Å². The van der Waals surface area contributed by atoms with Gasteiger partial charge in [-0.05, 0) is 67.1 Å². The molecule has 5 heteroatoms. The molecule has 2 aromatic carbocycles. The summed E-state index contributed by atoms with van der Waals surface area (Å²) in [6.45, 7) is 8.06. The molecule has 0 aliphatic carbocycles. The number of thiophene rings is 1. The maximum atomic E-state index is 13.0. The van der Waals surface area contributed by atoms with Crippen molar-refractivity contribution in [2.24, 2.45) is 0 Å². The van der Waals surface area contributed by atoms with Gasteiger partial charge in [0.25, 0.3) is 5.91 Å². The summed E-state index contributed by atoms with van der Waals surface area (Å²) >= 11 is 1.73. The third kappa shape index (κ3) is 4.52. The first kappa shape index (κ1) is 19.7. The van der Waals surface area contributed by atoms with Gasteiger partial charge < -0.3 is 16.0 Å². The first-order valence-electron chi connectivity index (χ1n) is 10.0. The van der Waals surface area contributed by atoms with Gasteiger partial charge in [-0.3, -0.25) is 4.79 Å². The predicted molar refractivity (Wildman–Crippen MR) is 122 cm³/mol. The highest BCUT2D eigenvalue weighted by Crippen LogP contribution is 2.29. The molecule has 29 heavy (non-hydrogen) atoms. The highest BCUT2D eigenvalue weighted by molar-refractivity contribution is 7.13. The molecule has 1 amide bonds. The van der Waals surface area contributed by atoms with Gasteiger partial charge in [-0.25, -0.2) is 0 Å². The second-order valence-electron chi connectivity index (χ2n) is 7.83. The summed E-state index contributed by atoms with van der Waals surface area (Å²) in [5, 5.41) is 12.0. The average Bonchev–Trinajstić information content (AvgIpc) is 3.20. The molecule has 1 aliphatic heterocycles. The van der Waals surface area contributed by atoms with Crippen LogP contribution >= 0.6 is 11.3 Å². The van der Waals surface area contributed by atoms with Gasteiger partial charge in [0.2, 0.25) is 0 Å². The fourth-order valence-electron chi connectivity index (χ4n) is 3.59. The lowest BCUT2D eigenvalue weighted by Gasteiger charge is -2.29. The van der Waals surface area contributed by atoms with Crippen LogP contribution in [-0.2, 0) is 0 Å². The number of anilines is 1. The van der Waals surface area contributed by atoms with Gasteiger partial charge in [0.15, 0.2) is 0 Å². The number of hydrogen-bond acceptors (Lipinski definition) is 4. The molecule has 3 aromatic rings. The number of carbonyl (C=O) groups is 1. The SMILES string of the molecule is Cc1cc(-c2cccs2)cc(C(C)NC(=O)c2cc(NC3CNC3)ccc2C)c1. The zero-order chi connectivity index (χ0) is 20.4. The summed E-state index contributed by atoms with van der Waals surface area (Å²) in [5.41, 5.74) is 6.22. The number of aryl methyl sites for hydroxylation is 2. The van der Waals surface area contributed by atoms with E-state index in [0.717, 1.165) is 35.5 Å². The van der Waals surface area contributed by atoms with Gasteiger partial charge in [0, 0.05) is 29.2 Å². The Labute approximate surface area is 176 Å². The lowest BCUT2D eigenvalue weighted by molar-refractivity contribution is 0.0939. The molecular weight excluding hydrogens is 378 g/mol. The topological polar surface area (TPSA) is 53.2 Å². The summed E-state index contributed by atoms with van der Waals surface area (Å²) in [6.07, 6.45) is 0. The van der Waals surface area contributed by atoms with Crippen LogP contribution in [0.1, 0.15) is 40.0 Å². The number of benzene rings is 2. The van der Waals surface area contributed by atoms with Crippen LogP contribution in [-0.4, -0.2) is 25.0 Å². The molecule has 4 nitrogen and oxygen atoms in total. The molecule has 1 atom stereocenters. The van der Waals surface area contributed by atoms with E-state index >= 15 is 0 Å². The second kappa shape index (κ2) is 8.39. The Kier molecular flexibility index (Phi) is 5.69. The molecule has 0 saturated carbocycles. The van der Waals surface area contributed by atoms with E-state index in [4.69, 9.17) is 0 Å². The molecule has 0 spiro atoms. The van der Waals surface area contributed by atoms with Crippen molar-refractivity contribution < 1.29 is 4.79 Å². The van der Waals surface area contributed by atoms with Gasteiger partial charge in [-0.1, -0.05) is 29.8 Å². The summed E-state index contributed by atoms with van der Waals surface area (Å²) in [7, 11) is 0. The van der Waals surface area contributed by atoms with E-state index in [1.807, 2.05) is 32.0 Å². The Bertz CT molecular complexity index is 1010. The zero-order valence-corrected chi connectivity index (χ0v) is 17.9. The lowest BCUT2D eigenvalue weighted by Crippen LogP contribution is -2.51. The first-order valence-corrected chi connectivity index (χ1v) is 10.9. The number of carbonyl (C=O) groups excluding carboxylic acids is 1. The van der Waals surface area contributed by atoms with Crippen LogP contribution in [0.15, 0.2) is 53.9 Å². The van der Waals surface area contributed by atoms with Crippen LogP contribution < -0.4 is 16.0 Å². The maximum Gasteiger partial charge on any atom is 0.252 e. The minimum atomic E-state index is -0.0760. The molecule has 150 valence electrons. The average molecular weight is 406 g/mol. The van der Waals surface area contributed by atoms with E-state index in [1.54, 1.807) is 11.3 Å². The molecule has 1 fully saturated rings. The molecule has 2 heterocycles. The summed E-state index contributed by atoms with van der Waals surface area (Å²) < 4.78 is 0. The normalized spacial score (nSPS) is 14.9. The Morgan fingerprint density at radius 1 is 1.14 bits per heavy atom. The lowest BCUT2D eigenvalue weighted by atomic mass is 10.00. The monoisotopic (exact) mass is 405 g/mol. The van der Waals surface area contributed by atoms with Crippen LogP contribution in [0.25, 0.3) is 10.4 Å². The van der Waals surface area contributed by atoms with Crippen LogP contribution in [0.2, 0.25) is 0 Å². The van der Waals surface area contributed by atoms with Crippen LogP contribution in [0.4, 0.5) is 5.69 Å². The zero-order valence-electron chi connectivity index (χ0n) is 17.1. The van der Waals surface area contributed by atoms with Crippen molar-refractivity contribution in [3.05, 3.63) is 76.2 Å². The highest BCUT2D eigenvalue weighted by atomic mass is 32.1. The van der Waals surface area contributed by atoms with Crippen LogP contribution in [0, 0.1) is 13.8 Å². The second-order valence-corrected chi connectivity index (χ2v) is 8.78. The van der Waals surface area contributed by atoms with Crippen LogP contribution in [0.5, 0.6) is 0 Å². The quantitative estimate of drug-likeness (QED) is 0.546. The number of rotatable bonds is 6. The maximum absolute atomic E-state index is 13.0. The van der Waals surface area contributed by atoms with Gasteiger partial charge in [0.1, 0.15) is 0 Å². The van der Waals surface area contributed by atoms with Crippen molar-refractivity contribution >= 4 is 22.9 Å². The summed E-state index contributed by atoms with van der Waals surface area (Å²) in [6, 6.07) is 17.1. The molecule has 1 aromatic heterocycles. The van der Waals surface area contributed by atoms with Gasteiger partial charge in [-0.2, -0.15) is 0 Å². The molecule has 1 saturated heterocycles. The fourth-order valence-corrected chi connectivity index (χ4v) is 4.30. The molecule has 1 aliphatic rings. The third-order valence-electron chi connectivity index (χ3n) is 5.39. The van der Waals surface area contributed by atoms with E-state index in [9.17, 15) is 4.79 Å². The number of nitrogens with one attached hydrogen (secondary N) is 3. The van der Waals surface area contributed by atoms with E-state index in [0.29, 0.717) is 6.04 Å². The Hall–Kier alpha value is -2.63. The number of amides is 1. The third-order valence-corrected chi connectivity index (χ3v) is 6.31. The van der Waals surface area contributed by atoms with Crippen LogP contribution in [0.3, 0.4) is 0 Å². The smallest absolute Gasteiger partial charge is 0.252 e. The van der Waals surface area contributed by atoms with E-state index in [2.05, 4.69) is 58.6 Å². The Morgan fingerprint density at radius 2 is 1.97 bits per heavy atom. The predicted octanol–water partition coefficient (Wildman–Crippen LogP) is 4.91. The number of hydrogen-bond donors (Lipinski definition) is 3. The summed E-state index contributed by atoms with van der Waals surface area (Å²) in [5.74, 6) is -0.0374. The first-order chi connectivity index (χ1) is 14.0. The van der Waals surface area contributed by atoms with Crippen molar-refractivity contribution in [1.82, 2.24) is 10.6 Å². The molecule has 0 bridgehead atoms. The van der Waals surface area contributed by atoms with Gasteiger partial charge >= 0.3 is 0 Å². The molecule has 0 radical (unpaired) electrons. The van der Waals surface area contributed by atoms with Crippen molar-refractivity contribution in [2.75, 3.05) is 18.4 Å². The van der Waals surface area contributed by atoms with E-state index in [1.165, 1.54) is 16.0 Å². The Balaban J connectivity index is 1.52.